The van der Waals surface area contributed by atoms with Gasteiger partial charge in [-0.1, -0.05) is 25.1 Å². The van der Waals surface area contributed by atoms with Gasteiger partial charge in [0.2, 0.25) is 5.91 Å². The molecule has 0 bridgehead atoms. The first-order valence-electron chi connectivity index (χ1n) is 9.79. The smallest absolute Gasteiger partial charge is 0.275 e. The first-order valence-corrected chi connectivity index (χ1v) is 9.79. The second-order valence-electron chi connectivity index (χ2n) is 7.65. The minimum atomic E-state index is -0.866. The fourth-order valence-corrected chi connectivity index (χ4v) is 4.70. The molecule has 2 aliphatic rings. The monoisotopic (exact) mass is 390 g/mol. The number of benzene rings is 1. The summed E-state index contributed by atoms with van der Waals surface area (Å²) in [4.78, 5) is 33.0. The van der Waals surface area contributed by atoms with E-state index in [9.17, 15) is 9.59 Å². The molecule has 2 aromatic heterocycles. The molecule has 148 valence electrons. The molecule has 5 rings (SSSR count). The first kappa shape index (κ1) is 17.7. The molecule has 1 saturated heterocycles. The molecule has 0 radical (unpaired) electrons. The third kappa shape index (κ3) is 2.38. The van der Waals surface area contributed by atoms with E-state index in [4.69, 9.17) is 0 Å². The average Bonchev–Trinajstić information content (AvgIpc) is 3.49. The van der Waals surface area contributed by atoms with Crippen LogP contribution in [0.3, 0.4) is 0 Å². The van der Waals surface area contributed by atoms with E-state index in [2.05, 4.69) is 20.5 Å². The maximum Gasteiger partial charge on any atom is 0.275 e. The number of aromatic nitrogens is 4. The van der Waals surface area contributed by atoms with Crippen molar-refractivity contribution in [3.05, 3.63) is 65.5 Å². The number of anilines is 1. The van der Waals surface area contributed by atoms with Gasteiger partial charge in [0.15, 0.2) is 0 Å². The van der Waals surface area contributed by atoms with E-state index in [-0.39, 0.29) is 11.8 Å². The van der Waals surface area contributed by atoms with Crippen LogP contribution in [-0.2, 0) is 23.7 Å². The molecule has 2 amide bonds. The largest absolute Gasteiger partial charge is 0.336 e. The first-order chi connectivity index (χ1) is 14.1. The molecular weight excluding hydrogens is 368 g/mol. The van der Waals surface area contributed by atoms with Crippen LogP contribution in [0.4, 0.5) is 5.69 Å². The molecule has 29 heavy (non-hydrogen) atoms. The molecule has 3 aromatic rings. The van der Waals surface area contributed by atoms with Crippen molar-refractivity contribution in [1.29, 1.82) is 0 Å². The quantitative estimate of drug-likeness (QED) is 0.716. The number of hydrogen-bond donors (Lipinski definition) is 2. The maximum atomic E-state index is 13.4. The molecule has 8 heteroatoms. The predicted octanol–water partition coefficient (Wildman–Crippen LogP) is 2.18. The molecule has 0 aliphatic carbocycles. The minimum Gasteiger partial charge on any atom is -0.336 e. The van der Waals surface area contributed by atoms with Gasteiger partial charge < -0.3 is 14.8 Å². The summed E-state index contributed by atoms with van der Waals surface area (Å²) >= 11 is 0. The molecule has 1 spiro atoms. The fraction of sp³-hybridized carbons (Fsp3) is 0.333. The number of carbonyl (C=O) groups is 2. The number of imidazole rings is 1. The van der Waals surface area contributed by atoms with E-state index in [1.807, 2.05) is 49.0 Å². The van der Waals surface area contributed by atoms with Crippen LogP contribution in [0, 0.1) is 0 Å². The third-order valence-electron chi connectivity index (χ3n) is 6.18. The minimum absolute atomic E-state index is 0.0849. The summed E-state index contributed by atoms with van der Waals surface area (Å²) in [6.07, 6.45) is 4.84. The number of carbonyl (C=O) groups excluding carboxylic acids is 2. The van der Waals surface area contributed by atoms with Gasteiger partial charge in [0.1, 0.15) is 23.0 Å². The summed E-state index contributed by atoms with van der Waals surface area (Å²) in [5, 5.41) is 10.1. The van der Waals surface area contributed by atoms with Gasteiger partial charge in [-0.15, -0.1) is 0 Å². The van der Waals surface area contributed by atoms with Crippen LogP contribution in [0.5, 0.6) is 0 Å². The molecule has 2 N–H and O–H groups in total. The number of hydrogen-bond acceptors (Lipinski definition) is 4. The Kier molecular flexibility index (Phi) is 3.84. The van der Waals surface area contributed by atoms with Gasteiger partial charge in [0, 0.05) is 37.4 Å². The number of rotatable bonds is 3. The summed E-state index contributed by atoms with van der Waals surface area (Å²) in [6, 6.07) is 8.99. The van der Waals surface area contributed by atoms with Crippen molar-refractivity contribution < 1.29 is 9.59 Å². The number of amides is 2. The Morgan fingerprint density at radius 2 is 2.17 bits per heavy atom. The number of fused-ring (bicyclic) bond motifs is 2. The summed E-state index contributed by atoms with van der Waals surface area (Å²) < 4.78 is 1.88. The molecule has 8 nitrogen and oxygen atoms in total. The highest BCUT2D eigenvalue weighted by atomic mass is 16.2. The van der Waals surface area contributed by atoms with Gasteiger partial charge in [-0.05, 0) is 30.5 Å². The summed E-state index contributed by atoms with van der Waals surface area (Å²) in [7, 11) is 1.89. The van der Waals surface area contributed by atoms with E-state index < -0.39 is 11.5 Å². The molecule has 1 fully saturated rings. The number of nitrogens with zero attached hydrogens (tertiary/aromatic N) is 4. The molecular formula is C21H22N6O2. The highest BCUT2D eigenvalue weighted by Crippen LogP contribution is 2.54. The summed E-state index contributed by atoms with van der Waals surface area (Å²) in [5.41, 5.74) is 2.13. The van der Waals surface area contributed by atoms with Gasteiger partial charge in [0.25, 0.3) is 5.91 Å². The van der Waals surface area contributed by atoms with E-state index in [0.29, 0.717) is 24.5 Å². The van der Waals surface area contributed by atoms with Gasteiger partial charge in [-0.3, -0.25) is 14.7 Å². The highest BCUT2D eigenvalue weighted by molar-refractivity contribution is 6.08. The van der Waals surface area contributed by atoms with Crippen LogP contribution in [-0.4, -0.2) is 43.0 Å². The lowest BCUT2D eigenvalue weighted by Gasteiger charge is -2.33. The zero-order chi connectivity index (χ0) is 20.2. The van der Waals surface area contributed by atoms with Crippen molar-refractivity contribution >= 4 is 17.5 Å². The van der Waals surface area contributed by atoms with E-state index in [1.165, 1.54) is 0 Å². The lowest BCUT2D eigenvalue weighted by molar-refractivity contribution is -0.121. The lowest BCUT2D eigenvalue weighted by atomic mass is 9.74. The van der Waals surface area contributed by atoms with Crippen LogP contribution in [0.25, 0.3) is 0 Å². The van der Waals surface area contributed by atoms with E-state index in [1.54, 1.807) is 17.2 Å². The zero-order valence-corrected chi connectivity index (χ0v) is 16.3. The van der Waals surface area contributed by atoms with Crippen molar-refractivity contribution in [2.24, 2.45) is 7.05 Å². The van der Waals surface area contributed by atoms with Gasteiger partial charge >= 0.3 is 0 Å². The van der Waals surface area contributed by atoms with Gasteiger partial charge in [-0.25, -0.2) is 4.98 Å². The van der Waals surface area contributed by atoms with Crippen molar-refractivity contribution in [2.75, 3.05) is 11.9 Å². The molecule has 4 heterocycles. The maximum absolute atomic E-state index is 13.4. The van der Waals surface area contributed by atoms with Gasteiger partial charge in [0.05, 0.1) is 0 Å². The Morgan fingerprint density at radius 3 is 2.90 bits per heavy atom. The van der Waals surface area contributed by atoms with Crippen LogP contribution in [0.15, 0.2) is 42.7 Å². The Balaban J connectivity index is 1.66. The number of likely N-dealkylation sites (tertiary alicyclic amines) is 1. The number of aryl methyl sites for hydroxylation is 2. The fourth-order valence-electron chi connectivity index (χ4n) is 4.70. The Morgan fingerprint density at radius 1 is 1.34 bits per heavy atom. The van der Waals surface area contributed by atoms with Crippen molar-refractivity contribution in [1.82, 2.24) is 24.6 Å². The summed E-state index contributed by atoms with van der Waals surface area (Å²) in [5.74, 6) is 0.412. The van der Waals surface area contributed by atoms with Gasteiger partial charge in [-0.2, -0.15) is 5.10 Å². The van der Waals surface area contributed by atoms with Crippen LogP contribution in [0.1, 0.15) is 47.0 Å². The number of H-pyrrole nitrogens is 1. The predicted molar refractivity (Wildman–Crippen MR) is 106 cm³/mol. The van der Waals surface area contributed by atoms with Crippen LogP contribution >= 0.6 is 0 Å². The van der Waals surface area contributed by atoms with Crippen molar-refractivity contribution in [3.63, 3.8) is 0 Å². The second kappa shape index (κ2) is 6.30. The van der Waals surface area contributed by atoms with Crippen LogP contribution < -0.4 is 5.32 Å². The van der Waals surface area contributed by atoms with E-state index >= 15 is 0 Å². The SMILES string of the molecule is CCc1cc(C(=O)N2CCC3(C(=O)Nc4ccccc43)C2c2nccn2C)n[nH]1. The zero-order valence-electron chi connectivity index (χ0n) is 16.3. The third-order valence-corrected chi connectivity index (χ3v) is 6.18. The van der Waals surface area contributed by atoms with Crippen molar-refractivity contribution in [3.8, 4) is 0 Å². The topological polar surface area (TPSA) is 95.9 Å². The molecule has 2 unspecified atom stereocenters. The molecule has 2 atom stereocenters. The van der Waals surface area contributed by atoms with E-state index in [0.717, 1.165) is 23.4 Å². The average molecular weight is 390 g/mol. The summed E-state index contributed by atoms with van der Waals surface area (Å²) in [6.45, 7) is 2.45. The normalized spacial score (nSPS) is 22.9. The standard InChI is InChI=1S/C21H22N6O2/c1-3-13-12-16(25-24-13)19(28)27-10-8-21(17(27)18-22-9-11-26(18)2)14-6-4-5-7-15(14)23-20(21)29/h4-7,9,11-12,17H,3,8,10H2,1-2H3,(H,23,29)(H,24,25). The molecule has 1 aromatic carbocycles. The number of nitrogens with one attached hydrogen (secondary N) is 2. The van der Waals surface area contributed by atoms with Crippen LogP contribution in [0.2, 0.25) is 0 Å². The lowest BCUT2D eigenvalue weighted by Crippen LogP contribution is -2.43. The second-order valence-corrected chi connectivity index (χ2v) is 7.65. The van der Waals surface area contributed by atoms with Crippen molar-refractivity contribution in [2.45, 2.75) is 31.2 Å². The highest BCUT2D eigenvalue weighted by Gasteiger charge is 2.60. The Labute approximate surface area is 167 Å². The number of para-hydroxylation sites is 1. The number of aromatic amines is 1. The molecule has 0 saturated carbocycles. The Bertz CT molecular complexity index is 1120. The Hall–Kier alpha value is -3.42. The molecule has 2 aliphatic heterocycles.